The van der Waals surface area contributed by atoms with Gasteiger partial charge in [-0.2, -0.15) is 0 Å². The normalized spacial score (nSPS) is 11.8. The summed E-state index contributed by atoms with van der Waals surface area (Å²) >= 11 is 0. The largest absolute Gasteiger partial charge is 0.497 e. The molecular weight excluding hydrogens is 869 g/mol. The summed E-state index contributed by atoms with van der Waals surface area (Å²) in [6, 6.07) is 8.14. The zero-order valence-electron chi connectivity index (χ0n) is 36.0. The highest BCUT2D eigenvalue weighted by Crippen LogP contribution is 2.33. The summed E-state index contributed by atoms with van der Waals surface area (Å²) in [7, 11) is 5.93. The highest BCUT2D eigenvalue weighted by Gasteiger charge is 2.29. The molecule has 3 unspecified atom stereocenters. The van der Waals surface area contributed by atoms with Crippen LogP contribution in [0.15, 0.2) is 58.3 Å². The maximum atomic E-state index is 12.2. The molecule has 2 aromatic heterocycles. The molecule has 0 amide bonds. The minimum Gasteiger partial charge on any atom is -0.497 e. The Morgan fingerprint density at radius 3 is 1.71 bits per heavy atom. The van der Waals surface area contributed by atoms with Crippen LogP contribution in [0.5, 0.6) is 23.0 Å². The topological polar surface area (TPSA) is 262 Å². The number of carboxylic acid groups (broad SMARTS) is 1. The molecule has 368 valence electrons. The predicted octanol–water partition coefficient (Wildman–Crippen LogP) is 6.96. The molecule has 1 aliphatic heterocycles. The Balaban J connectivity index is -0.000000814. The quantitative estimate of drug-likeness (QED) is 0.0807. The van der Waals surface area contributed by atoms with Gasteiger partial charge in [0.15, 0.2) is 5.92 Å². The molecule has 5 rings (SSSR count). The van der Waals surface area contributed by atoms with Crippen LogP contribution in [0.25, 0.3) is 10.8 Å². The van der Waals surface area contributed by atoms with Crippen molar-refractivity contribution in [2.45, 2.75) is 83.6 Å². The Morgan fingerprint density at radius 1 is 0.712 bits per heavy atom. The number of aliphatic carboxylic acids is 1. The van der Waals surface area contributed by atoms with Crippen molar-refractivity contribution >= 4 is 52.5 Å². The molecule has 1 N–H and O–H groups in total. The lowest BCUT2D eigenvalue weighted by atomic mass is 10.0. The van der Waals surface area contributed by atoms with E-state index < -0.39 is 59.2 Å². The SMILES string of the molecule is C.C.C.C.CCOC(=O)C(C)C(=O)O.CCOC(=O)C(C)C(=O)n1ccnc1.CCOC(=O)C(C)c1cc2cc(OC)cc(OC)c2c(=O)o1.COc1cc2c(c(OC)c1)C(=O)OC(=O)C2. The van der Waals surface area contributed by atoms with Crippen molar-refractivity contribution in [2.75, 3.05) is 48.3 Å². The van der Waals surface area contributed by atoms with Gasteiger partial charge in [0.05, 0.1) is 54.7 Å². The van der Waals surface area contributed by atoms with Gasteiger partial charge < -0.3 is 47.4 Å². The van der Waals surface area contributed by atoms with Crippen molar-refractivity contribution in [1.82, 2.24) is 9.55 Å². The number of carbonyl (C=O) groups is 7. The number of nitrogens with zero attached hydrogens (tertiary/aromatic N) is 2. The van der Waals surface area contributed by atoms with Crippen molar-refractivity contribution in [1.29, 1.82) is 0 Å². The lowest BCUT2D eigenvalue weighted by Crippen LogP contribution is -2.27. The molecule has 20 nitrogen and oxygen atoms in total. The van der Waals surface area contributed by atoms with Crippen LogP contribution in [-0.2, 0) is 49.3 Å². The van der Waals surface area contributed by atoms with Crippen molar-refractivity contribution in [3.05, 3.63) is 76.4 Å². The van der Waals surface area contributed by atoms with Crippen LogP contribution in [0.4, 0.5) is 0 Å². The summed E-state index contributed by atoms with van der Waals surface area (Å²) in [5.41, 5.74) is 0.295. The maximum Gasteiger partial charge on any atom is 0.349 e. The van der Waals surface area contributed by atoms with Crippen LogP contribution in [0.3, 0.4) is 0 Å². The van der Waals surface area contributed by atoms with Crippen molar-refractivity contribution < 1.29 is 81.0 Å². The first-order valence-electron chi connectivity index (χ1n) is 18.9. The van der Waals surface area contributed by atoms with Crippen LogP contribution in [0, 0.1) is 11.8 Å². The summed E-state index contributed by atoms with van der Waals surface area (Å²) in [5.74, 6) is -4.84. The predicted molar refractivity (Wildman–Crippen MR) is 243 cm³/mol. The number of aromatic nitrogens is 2. The number of hydrogen-bond acceptors (Lipinski definition) is 18. The molecule has 0 spiro atoms. The molecule has 0 fully saturated rings. The summed E-state index contributed by atoms with van der Waals surface area (Å²) in [4.78, 5) is 93.8. The summed E-state index contributed by atoms with van der Waals surface area (Å²) in [6.07, 6.45) is 4.39. The van der Waals surface area contributed by atoms with Crippen LogP contribution < -0.4 is 24.6 Å². The molecule has 1 aliphatic rings. The minimum atomic E-state index is -1.15. The van der Waals surface area contributed by atoms with Crippen LogP contribution in [0.2, 0.25) is 0 Å². The smallest absolute Gasteiger partial charge is 0.349 e. The van der Waals surface area contributed by atoms with E-state index in [1.165, 1.54) is 65.6 Å². The third-order valence-corrected chi connectivity index (χ3v) is 8.48. The first-order chi connectivity index (χ1) is 29.4. The van der Waals surface area contributed by atoms with Gasteiger partial charge in [0.25, 0.3) is 0 Å². The number of methoxy groups -OCH3 is 4. The number of carbonyl (C=O) groups excluding carboxylic acids is 6. The third kappa shape index (κ3) is 17.4. The first-order valence-corrected chi connectivity index (χ1v) is 18.9. The lowest BCUT2D eigenvalue weighted by molar-refractivity contribution is -0.157. The molecule has 4 aromatic rings. The number of fused-ring (bicyclic) bond motifs is 2. The van der Waals surface area contributed by atoms with Crippen LogP contribution in [0.1, 0.15) is 104 Å². The molecule has 0 aliphatic carbocycles. The second-order valence-electron chi connectivity index (χ2n) is 12.6. The highest BCUT2D eigenvalue weighted by molar-refractivity contribution is 6.04. The van der Waals surface area contributed by atoms with E-state index in [1.807, 2.05) is 0 Å². The van der Waals surface area contributed by atoms with Gasteiger partial charge in [0.1, 0.15) is 57.9 Å². The fourth-order valence-electron chi connectivity index (χ4n) is 5.15. The Bertz CT molecular complexity index is 2270. The molecule has 0 saturated heterocycles. The molecule has 0 bridgehead atoms. The van der Waals surface area contributed by atoms with E-state index in [0.29, 0.717) is 44.9 Å². The molecule has 0 saturated carbocycles. The highest BCUT2D eigenvalue weighted by atomic mass is 16.6. The van der Waals surface area contributed by atoms with Crippen molar-refractivity contribution in [3.8, 4) is 23.0 Å². The number of carboxylic acids is 1. The molecular formula is C46H66N2O18. The Morgan fingerprint density at radius 2 is 1.23 bits per heavy atom. The maximum absolute atomic E-state index is 12.2. The molecule has 20 heteroatoms. The van der Waals surface area contributed by atoms with Gasteiger partial charge in [-0.1, -0.05) is 29.7 Å². The molecule has 0 radical (unpaired) electrons. The van der Waals surface area contributed by atoms with Gasteiger partial charge in [-0.25, -0.2) is 14.6 Å². The van der Waals surface area contributed by atoms with E-state index >= 15 is 0 Å². The minimum absolute atomic E-state index is 0. The molecule has 3 atom stereocenters. The number of imidazole rings is 1. The lowest BCUT2D eigenvalue weighted by Gasteiger charge is -2.17. The van der Waals surface area contributed by atoms with Gasteiger partial charge in [-0.15, -0.1) is 0 Å². The van der Waals surface area contributed by atoms with Gasteiger partial charge in [0, 0.05) is 24.5 Å². The second-order valence-corrected chi connectivity index (χ2v) is 12.6. The fraction of sp³-hybridized carbons (Fsp3) is 0.457. The number of benzene rings is 2. The standard InChI is InChI=1S/C16H18O6.C11H10O5.C9H12N2O3.C6H10O4.4CH4/c1-5-21-15(17)9(2)12-7-10-6-11(19-3)8-13(20-4)14(10)16(18)22-12;1-14-7-3-6-4-9(12)16-11(13)10(6)8(5-7)15-2;1-3-14-9(13)7(2)8(12)11-5-4-10-6-11;1-3-10-6(9)4(2)5(7)8;;;;/h6-9H,5H2,1-4H3;3,5H,4H2,1-2H3;4-7H,3H2,1-2H3;4H,3H2,1-2H3,(H,7,8);4*1H4. The monoisotopic (exact) mass is 934 g/mol. The zero-order valence-corrected chi connectivity index (χ0v) is 36.0. The number of cyclic esters (lactones) is 2. The average Bonchev–Trinajstić information content (AvgIpc) is 3.80. The van der Waals surface area contributed by atoms with E-state index in [0.717, 1.165) is 0 Å². The van der Waals surface area contributed by atoms with Gasteiger partial charge in [-0.05, 0) is 70.7 Å². The van der Waals surface area contributed by atoms with Gasteiger partial charge in [0.2, 0.25) is 5.91 Å². The summed E-state index contributed by atoms with van der Waals surface area (Å²) < 4.78 is 45.7. The van der Waals surface area contributed by atoms with E-state index in [-0.39, 0.29) is 67.6 Å². The van der Waals surface area contributed by atoms with E-state index in [4.69, 9.17) is 37.9 Å². The molecule has 2 aromatic carbocycles. The summed E-state index contributed by atoms with van der Waals surface area (Å²) in [5, 5.41) is 9.17. The number of hydrogen-bond donors (Lipinski definition) is 1. The van der Waals surface area contributed by atoms with E-state index in [1.54, 1.807) is 58.0 Å². The summed E-state index contributed by atoms with van der Waals surface area (Å²) in [6.45, 7) is 10.2. The van der Waals surface area contributed by atoms with Gasteiger partial charge >= 0.3 is 41.4 Å². The van der Waals surface area contributed by atoms with Crippen LogP contribution in [-0.4, -0.2) is 105 Å². The van der Waals surface area contributed by atoms with E-state index in [2.05, 4.69) is 14.5 Å². The third-order valence-electron chi connectivity index (χ3n) is 8.48. The first kappa shape index (κ1) is 63.0. The number of rotatable bonds is 13. The second kappa shape index (κ2) is 30.8. The van der Waals surface area contributed by atoms with Crippen LogP contribution >= 0.6 is 0 Å². The average molecular weight is 935 g/mol. The Kier molecular flexibility index (Phi) is 29.4. The Labute approximate surface area is 385 Å². The van der Waals surface area contributed by atoms with Crippen molar-refractivity contribution in [3.63, 3.8) is 0 Å². The fourth-order valence-corrected chi connectivity index (χ4v) is 5.15. The zero-order chi connectivity index (χ0) is 46.7. The van der Waals surface area contributed by atoms with E-state index in [9.17, 15) is 38.4 Å². The molecule has 3 heterocycles. The molecule has 66 heavy (non-hydrogen) atoms. The van der Waals surface area contributed by atoms with Crippen molar-refractivity contribution in [2.24, 2.45) is 11.8 Å². The van der Waals surface area contributed by atoms with Gasteiger partial charge in [-0.3, -0.25) is 33.3 Å². The number of ether oxygens (including phenoxy) is 8. The number of esters is 5. The Hall–Kier alpha value is -7.25.